The Hall–Kier alpha value is -1.30. The molecular weight excluding hydrogens is 259 g/mol. The molecule has 0 N–H and O–H groups in total. The summed E-state index contributed by atoms with van der Waals surface area (Å²) in [4.78, 5) is 0. The van der Waals surface area contributed by atoms with Gasteiger partial charge in [-0.15, -0.1) is 0 Å². The summed E-state index contributed by atoms with van der Waals surface area (Å²) in [6.45, 7) is 3.85. The van der Waals surface area contributed by atoms with Crippen molar-refractivity contribution in [3.8, 4) is 0 Å². The SMILES string of the molecule is C=Cc1ccccc1C[Se]c1ccccc1. The Labute approximate surface area is 103 Å². The zero-order chi connectivity index (χ0) is 11.2. The summed E-state index contributed by atoms with van der Waals surface area (Å²) in [5, 5.41) is 1.14. The summed E-state index contributed by atoms with van der Waals surface area (Å²) in [7, 11) is 0. The van der Waals surface area contributed by atoms with Crippen LogP contribution in [0.3, 0.4) is 0 Å². The van der Waals surface area contributed by atoms with Crippen LogP contribution in [0.15, 0.2) is 61.2 Å². The summed E-state index contributed by atoms with van der Waals surface area (Å²) >= 11 is 0.514. The number of rotatable bonds is 4. The Morgan fingerprint density at radius 2 is 1.62 bits per heavy atom. The van der Waals surface area contributed by atoms with Crippen LogP contribution in [0.2, 0.25) is 0 Å². The van der Waals surface area contributed by atoms with Gasteiger partial charge in [-0.1, -0.05) is 0 Å². The average molecular weight is 273 g/mol. The standard InChI is InChI=1S/C15H14Se/c1-2-13-8-6-7-9-14(13)12-16-15-10-4-3-5-11-15/h2-11H,1,12H2. The van der Waals surface area contributed by atoms with Gasteiger partial charge in [0, 0.05) is 0 Å². The quantitative estimate of drug-likeness (QED) is 0.751. The van der Waals surface area contributed by atoms with E-state index in [1.54, 1.807) is 0 Å². The van der Waals surface area contributed by atoms with Gasteiger partial charge in [0.25, 0.3) is 0 Å². The fraction of sp³-hybridized carbons (Fsp3) is 0.0667. The van der Waals surface area contributed by atoms with E-state index in [1.807, 2.05) is 6.08 Å². The van der Waals surface area contributed by atoms with Gasteiger partial charge in [0.15, 0.2) is 0 Å². The van der Waals surface area contributed by atoms with Gasteiger partial charge in [-0.3, -0.25) is 0 Å². The van der Waals surface area contributed by atoms with Crippen LogP contribution in [-0.4, -0.2) is 15.0 Å². The Morgan fingerprint density at radius 3 is 2.38 bits per heavy atom. The molecule has 0 unspecified atom stereocenters. The van der Waals surface area contributed by atoms with Crippen molar-refractivity contribution in [3.63, 3.8) is 0 Å². The molecule has 0 spiro atoms. The van der Waals surface area contributed by atoms with Crippen molar-refractivity contribution in [2.45, 2.75) is 5.32 Å². The van der Waals surface area contributed by atoms with Gasteiger partial charge in [-0.2, -0.15) is 0 Å². The van der Waals surface area contributed by atoms with Crippen LogP contribution in [0.4, 0.5) is 0 Å². The molecule has 80 valence electrons. The van der Waals surface area contributed by atoms with Gasteiger partial charge < -0.3 is 0 Å². The van der Waals surface area contributed by atoms with Crippen molar-refractivity contribution in [2.24, 2.45) is 0 Å². The van der Waals surface area contributed by atoms with Gasteiger partial charge in [0.05, 0.1) is 0 Å². The fourth-order valence-corrected chi connectivity index (χ4v) is 3.50. The van der Waals surface area contributed by atoms with Crippen molar-refractivity contribution in [1.29, 1.82) is 0 Å². The molecule has 1 heteroatoms. The van der Waals surface area contributed by atoms with Gasteiger partial charge in [0.2, 0.25) is 0 Å². The minimum absolute atomic E-state index is 0.514. The second-order valence-corrected chi connectivity index (χ2v) is 5.71. The average Bonchev–Trinajstić information content (AvgIpc) is 2.38. The van der Waals surface area contributed by atoms with E-state index in [0.29, 0.717) is 15.0 Å². The molecule has 16 heavy (non-hydrogen) atoms. The molecule has 0 radical (unpaired) electrons. The van der Waals surface area contributed by atoms with Crippen molar-refractivity contribution in [1.82, 2.24) is 0 Å². The van der Waals surface area contributed by atoms with Gasteiger partial charge >= 0.3 is 103 Å². The predicted molar refractivity (Wildman–Crippen MR) is 72.1 cm³/mol. The Kier molecular flexibility index (Phi) is 3.98. The summed E-state index contributed by atoms with van der Waals surface area (Å²) in [5.74, 6) is 0. The number of benzene rings is 2. The van der Waals surface area contributed by atoms with Crippen LogP contribution in [0.5, 0.6) is 0 Å². The third-order valence-corrected chi connectivity index (χ3v) is 4.64. The van der Waals surface area contributed by atoms with Crippen LogP contribution in [0, 0.1) is 0 Å². The van der Waals surface area contributed by atoms with Crippen molar-refractivity contribution in [3.05, 3.63) is 72.3 Å². The first-order valence-corrected chi connectivity index (χ1v) is 7.35. The van der Waals surface area contributed by atoms with E-state index in [1.165, 1.54) is 15.6 Å². The van der Waals surface area contributed by atoms with E-state index < -0.39 is 0 Å². The van der Waals surface area contributed by atoms with Crippen LogP contribution < -0.4 is 4.46 Å². The van der Waals surface area contributed by atoms with E-state index in [9.17, 15) is 0 Å². The topological polar surface area (TPSA) is 0 Å². The van der Waals surface area contributed by atoms with Crippen molar-refractivity contribution in [2.75, 3.05) is 0 Å². The van der Waals surface area contributed by atoms with Gasteiger partial charge in [-0.25, -0.2) is 0 Å². The molecule has 0 fully saturated rings. The zero-order valence-corrected chi connectivity index (χ0v) is 10.8. The molecule has 0 amide bonds. The summed E-state index contributed by atoms with van der Waals surface area (Å²) in [6.07, 6.45) is 1.94. The molecule has 0 atom stereocenters. The molecular formula is C15H14Se. The summed E-state index contributed by atoms with van der Waals surface area (Å²) in [5.41, 5.74) is 2.67. The Balaban J connectivity index is 2.08. The van der Waals surface area contributed by atoms with E-state index in [0.717, 1.165) is 5.32 Å². The molecule has 0 bridgehead atoms. The third-order valence-electron chi connectivity index (χ3n) is 2.41. The molecule has 0 aliphatic carbocycles. The van der Waals surface area contributed by atoms with E-state index in [2.05, 4.69) is 61.2 Å². The minimum atomic E-state index is 0.514. The fourth-order valence-electron chi connectivity index (χ4n) is 1.54. The molecule has 2 rings (SSSR count). The first-order valence-electron chi connectivity index (χ1n) is 5.28. The molecule has 0 heterocycles. The number of hydrogen-bond donors (Lipinski definition) is 0. The summed E-state index contributed by atoms with van der Waals surface area (Å²) < 4.78 is 1.45. The Morgan fingerprint density at radius 1 is 0.938 bits per heavy atom. The predicted octanol–water partition coefficient (Wildman–Crippen LogP) is 2.86. The molecule has 2 aromatic carbocycles. The van der Waals surface area contributed by atoms with Crippen molar-refractivity contribution >= 4 is 25.5 Å². The first-order chi connectivity index (χ1) is 7.90. The van der Waals surface area contributed by atoms with E-state index in [4.69, 9.17) is 0 Å². The summed E-state index contributed by atoms with van der Waals surface area (Å²) in [6, 6.07) is 19.2. The molecule has 0 aromatic heterocycles. The Bertz CT molecular complexity index is 460. The second-order valence-electron chi connectivity index (χ2n) is 3.50. The van der Waals surface area contributed by atoms with E-state index in [-0.39, 0.29) is 0 Å². The van der Waals surface area contributed by atoms with Crippen LogP contribution >= 0.6 is 0 Å². The normalized spacial score (nSPS) is 10.0. The third kappa shape index (κ3) is 2.85. The monoisotopic (exact) mass is 274 g/mol. The molecule has 0 nitrogen and oxygen atoms in total. The van der Waals surface area contributed by atoms with E-state index >= 15 is 0 Å². The molecule has 0 saturated heterocycles. The molecule has 0 aliphatic heterocycles. The molecule has 0 aliphatic rings. The maximum absolute atomic E-state index is 3.85. The molecule has 2 aromatic rings. The maximum atomic E-state index is 3.85. The van der Waals surface area contributed by atoms with Gasteiger partial charge in [0.1, 0.15) is 0 Å². The van der Waals surface area contributed by atoms with Crippen LogP contribution in [0.25, 0.3) is 6.08 Å². The van der Waals surface area contributed by atoms with Crippen LogP contribution in [-0.2, 0) is 5.32 Å². The molecule has 0 saturated carbocycles. The first kappa shape index (κ1) is 11.2. The zero-order valence-electron chi connectivity index (χ0n) is 9.10. The van der Waals surface area contributed by atoms with Crippen molar-refractivity contribution < 1.29 is 0 Å². The van der Waals surface area contributed by atoms with Crippen LogP contribution in [0.1, 0.15) is 11.1 Å². The second kappa shape index (κ2) is 5.69. The van der Waals surface area contributed by atoms with Gasteiger partial charge in [-0.05, 0) is 0 Å². The number of hydrogen-bond acceptors (Lipinski definition) is 0.